The summed E-state index contributed by atoms with van der Waals surface area (Å²) in [4.78, 5) is 21.2. The smallest absolute Gasteiger partial charge is 0.307 e. The maximum Gasteiger partial charge on any atom is 0.307 e. The number of hydrogen-bond donors (Lipinski definition) is 3. The molecule has 0 bridgehead atoms. The number of anilines is 1. The Labute approximate surface area is 224 Å². The highest BCUT2D eigenvalue weighted by Gasteiger charge is 2.30. The number of allylic oxidation sites excluding steroid dienone is 2. The van der Waals surface area contributed by atoms with Gasteiger partial charge in [-0.15, -0.1) is 0 Å². The third-order valence-corrected chi connectivity index (χ3v) is 7.97. The Bertz CT molecular complexity index is 1260. The number of nitrogens with two attached hydrogens (primary N) is 2. The van der Waals surface area contributed by atoms with Gasteiger partial charge in [0.15, 0.2) is 0 Å². The summed E-state index contributed by atoms with van der Waals surface area (Å²) in [5.41, 5.74) is 20.2. The fourth-order valence-corrected chi connectivity index (χ4v) is 5.58. The van der Waals surface area contributed by atoms with E-state index in [9.17, 15) is 9.90 Å². The molecular formula is C29H38ClN5O2. The van der Waals surface area contributed by atoms with Gasteiger partial charge in [-0.3, -0.25) is 9.78 Å². The van der Waals surface area contributed by atoms with Crippen LogP contribution in [0.1, 0.15) is 54.8 Å². The van der Waals surface area contributed by atoms with Crippen LogP contribution in [0.2, 0.25) is 0 Å². The molecule has 0 atom stereocenters. The van der Waals surface area contributed by atoms with E-state index in [-0.39, 0.29) is 6.42 Å². The number of carboxylic acids is 1. The van der Waals surface area contributed by atoms with Crippen LogP contribution in [-0.4, -0.2) is 40.6 Å². The first kappa shape index (κ1) is 26.9. The maximum atomic E-state index is 11.9. The third-order valence-electron chi connectivity index (χ3n) is 7.74. The molecule has 8 heteroatoms. The van der Waals surface area contributed by atoms with Crippen molar-refractivity contribution in [2.45, 2.75) is 59.9 Å². The van der Waals surface area contributed by atoms with Crippen molar-refractivity contribution in [3.8, 4) is 11.1 Å². The summed E-state index contributed by atoms with van der Waals surface area (Å²) >= 11 is 6.04. The fourth-order valence-electron chi connectivity index (χ4n) is 5.47. The first-order chi connectivity index (χ1) is 17.5. The molecule has 0 aliphatic carbocycles. The molecule has 0 amide bonds. The van der Waals surface area contributed by atoms with Crippen molar-refractivity contribution < 1.29 is 9.90 Å². The molecule has 0 radical (unpaired) electrons. The van der Waals surface area contributed by atoms with Crippen LogP contribution in [0.4, 0.5) is 5.69 Å². The van der Waals surface area contributed by atoms with Gasteiger partial charge in [0.2, 0.25) is 0 Å². The molecule has 3 heterocycles. The molecule has 2 aliphatic rings. The van der Waals surface area contributed by atoms with Gasteiger partial charge in [0, 0.05) is 54.9 Å². The van der Waals surface area contributed by atoms with Crippen LogP contribution in [0, 0.1) is 19.3 Å². The number of hydrogen-bond acceptors (Lipinski definition) is 6. The van der Waals surface area contributed by atoms with Crippen molar-refractivity contribution in [3.05, 3.63) is 69.4 Å². The van der Waals surface area contributed by atoms with Crippen molar-refractivity contribution in [1.29, 1.82) is 0 Å². The lowest BCUT2D eigenvalue weighted by Gasteiger charge is -2.40. The van der Waals surface area contributed by atoms with Gasteiger partial charge >= 0.3 is 5.97 Å². The Hall–Kier alpha value is -3.19. The molecule has 0 unspecified atom stereocenters. The topological polar surface area (TPSA) is 109 Å². The van der Waals surface area contributed by atoms with E-state index in [0.29, 0.717) is 22.8 Å². The minimum atomic E-state index is -0.834. The van der Waals surface area contributed by atoms with Crippen molar-refractivity contribution in [2.75, 3.05) is 24.5 Å². The minimum absolute atomic E-state index is 0.0351. The zero-order chi connectivity index (χ0) is 26.9. The van der Waals surface area contributed by atoms with E-state index in [2.05, 4.69) is 41.8 Å². The summed E-state index contributed by atoms with van der Waals surface area (Å²) in [5, 5.41) is 10.2. The minimum Gasteiger partial charge on any atom is -0.481 e. The molecule has 1 aromatic carbocycles. The second kappa shape index (κ2) is 10.7. The maximum absolute atomic E-state index is 11.9. The van der Waals surface area contributed by atoms with Crippen molar-refractivity contribution in [3.63, 3.8) is 0 Å². The molecule has 4 rings (SSSR count). The number of halogens is 1. The van der Waals surface area contributed by atoms with Crippen LogP contribution in [0.3, 0.4) is 0 Å². The normalized spacial score (nSPS) is 18.1. The summed E-state index contributed by atoms with van der Waals surface area (Å²) in [7, 11) is 0. The predicted octanol–water partition coefficient (Wildman–Crippen LogP) is 4.82. The largest absolute Gasteiger partial charge is 0.481 e. The number of pyridine rings is 1. The molecule has 37 heavy (non-hydrogen) atoms. The molecule has 5 N–H and O–H groups in total. The highest BCUT2D eigenvalue weighted by atomic mass is 35.5. The number of carbonyl (C=O) groups is 1. The zero-order valence-corrected chi connectivity index (χ0v) is 23.0. The van der Waals surface area contributed by atoms with E-state index < -0.39 is 5.97 Å². The first-order valence-corrected chi connectivity index (χ1v) is 13.3. The van der Waals surface area contributed by atoms with Crippen LogP contribution in [-0.2, 0) is 24.2 Å². The van der Waals surface area contributed by atoms with Gasteiger partial charge in [0.25, 0.3) is 0 Å². The summed E-state index contributed by atoms with van der Waals surface area (Å²) in [5.74, 6) is -0.243. The number of benzene rings is 1. The molecule has 198 valence electrons. The second-order valence-corrected chi connectivity index (χ2v) is 11.4. The van der Waals surface area contributed by atoms with Gasteiger partial charge in [-0.2, -0.15) is 0 Å². The fraction of sp³-hybridized carbons (Fsp3) is 0.448. The predicted molar refractivity (Wildman–Crippen MR) is 150 cm³/mol. The number of fused-ring (bicyclic) bond motifs is 1. The average molecular weight is 524 g/mol. The summed E-state index contributed by atoms with van der Waals surface area (Å²) in [6.45, 7) is 11.8. The zero-order valence-electron chi connectivity index (χ0n) is 22.3. The first-order valence-electron chi connectivity index (χ1n) is 12.9. The molecule has 1 aromatic heterocycles. The number of aromatic nitrogens is 1. The lowest BCUT2D eigenvalue weighted by atomic mass is 9.82. The van der Waals surface area contributed by atoms with Crippen LogP contribution >= 0.6 is 11.6 Å². The van der Waals surface area contributed by atoms with Crippen LogP contribution in [0.15, 0.2) is 41.3 Å². The summed E-state index contributed by atoms with van der Waals surface area (Å²) < 4.78 is 0. The van der Waals surface area contributed by atoms with Crippen molar-refractivity contribution >= 4 is 23.3 Å². The van der Waals surface area contributed by atoms with Gasteiger partial charge in [-0.1, -0.05) is 43.6 Å². The van der Waals surface area contributed by atoms with Gasteiger partial charge in [0.05, 0.1) is 17.1 Å². The Kier molecular flexibility index (Phi) is 7.74. The van der Waals surface area contributed by atoms with Gasteiger partial charge < -0.3 is 26.4 Å². The third kappa shape index (κ3) is 5.87. The number of piperidine rings is 1. The molecule has 0 spiro atoms. The molecule has 2 aromatic rings. The summed E-state index contributed by atoms with van der Waals surface area (Å²) in [6, 6.07) is 6.54. The average Bonchev–Trinajstić information content (AvgIpc) is 2.84. The number of rotatable bonds is 6. The van der Waals surface area contributed by atoms with Gasteiger partial charge in [-0.25, -0.2) is 0 Å². The molecule has 1 saturated heterocycles. The van der Waals surface area contributed by atoms with Crippen molar-refractivity contribution in [1.82, 2.24) is 9.88 Å². The van der Waals surface area contributed by atoms with Crippen LogP contribution < -0.4 is 16.4 Å². The summed E-state index contributed by atoms with van der Waals surface area (Å²) in [6.07, 6.45) is 5.95. The SMILES string of the molecule is Cc1nc(C)c(-c2ccc3c(c2)CCN(/C(N)=C/C(Cl)=C\N)C3)c(N2CCC(C)(C)CC2)c1CC(=O)O. The lowest BCUT2D eigenvalue weighted by molar-refractivity contribution is -0.136. The van der Waals surface area contributed by atoms with Crippen LogP contribution in [0.25, 0.3) is 11.1 Å². The molecule has 7 nitrogen and oxygen atoms in total. The van der Waals surface area contributed by atoms with E-state index >= 15 is 0 Å². The lowest BCUT2D eigenvalue weighted by Crippen LogP contribution is -2.38. The highest BCUT2D eigenvalue weighted by Crippen LogP contribution is 2.42. The van der Waals surface area contributed by atoms with E-state index in [1.807, 2.05) is 13.8 Å². The molecule has 2 aliphatic heterocycles. The quantitative estimate of drug-likeness (QED) is 0.466. The van der Waals surface area contributed by atoms with Gasteiger partial charge in [-0.05, 0) is 61.3 Å². The monoisotopic (exact) mass is 523 g/mol. The Morgan fingerprint density at radius 1 is 1.16 bits per heavy atom. The van der Waals surface area contributed by atoms with Gasteiger partial charge in [0.1, 0.15) is 5.82 Å². The molecule has 0 saturated carbocycles. The Morgan fingerprint density at radius 2 is 1.86 bits per heavy atom. The number of aryl methyl sites for hydroxylation is 2. The number of aliphatic carboxylic acids is 1. The standard InChI is InChI=1S/C29H38ClN5O2/c1-18-24(15-26(36)37)28(34-11-8-29(3,4)9-12-34)27(19(2)33-18)21-5-6-22-17-35(10-7-20(22)13-21)25(32)14-23(30)16-31/h5-6,13-14,16H,7-12,15,17,31-32H2,1-4H3,(H,36,37)/b23-16+,25-14+. The Balaban J connectivity index is 1.76. The van der Waals surface area contributed by atoms with E-state index in [4.69, 9.17) is 28.1 Å². The van der Waals surface area contributed by atoms with Crippen molar-refractivity contribution in [2.24, 2.45) is 16.9 Å². The van der Waals surface area contributed by atoms with E-state index in [1.165, 1.54) is 17.3 Å². The Morgan fingerprint density at radius 3 is 2.51 bits per heavy atom. The number of carboxylic acid groups (broad SMARTS) is 1. The molecule has 1 fully saturated rings. The second-order valence-electron chi connectivity index (χ2n) is 11.0. The highest BCUT2D eigenvalue weighted by molar-refractivity contribution is 6.31. The van der Waals surface area contributed by atoms with E-state index in [0.717, 1.165) is 72.7 Å². The van der Waals surface area contributed by atoms with Crippen LogP contribution in [0.5, 0.6) is 0 Å². The molecular weight excluding hydrogens is 486 g/mol. The van der Waals surface area contributed by atoms with E-state index in [1.54, 1.807) is 6.08 Å². The number of nitrogens with zero attached hydrogens (tertiary/aromatic N) is 3.